The molecule has 1 aromatic carbocycles. The zero-order valence-corrected chi connectivity index (χ0v) is 13.6. The van der Waals surface area contributed by atoms with Gasteiger partial charge in [-0.25, -0.2) is 0 Å². The third-order valence-corrected chi connectivity index (χ3v) is 3.95. The molecule has 4 N–H and O–H groups in total. The highest BCUT2D eigenvalue weighted by atomic mass is 16.5. The van der Waals surface area contributed by atoms with Crippen LogP contribution in [0, 0.1) is 5.41 Å². The molecule has 0 spiro atoms. The summed E-state index contributed by atoms with van der Waals surface area (Å²) in [6.07, 6.45) is 0. The number of hydrogen-bond donors (Lipinski definition) is 3. The Morgan fingerprint density at radius 2 is 1.91 bits per heavy atom. The van der Waals surface area contributed by atoms with Gasteiger partial charge in [-0.05, 0) is 19.5 Å². The van der Waals surface area contributed by atoms with Crippen molar-refractivity contribution >= 4 is 11.6 Å². The topological polar surface area (TPSA) is 77.6 Å². The Morgan fingerprint density at radius 1 is 1.23 bits per heavy atom. The molecule has 1 heterocycles. The highest BCUT2D eigenvalue weighted by Gasteiger charge is 2.17. The van der Waals surface area contributed by atoms with E-state index in [0.717, 1.165) is 50.7 Å². The molecule has 1 saturated heterocycles. The minimum absolute atomic E-state index is 0.0640. The molecule has 6 nitrogen and oxygen atoms in total. The second-order valence-corrected chi connectivity index (χ2v) is 5.50. The average Bonchev–Trinajstić information content (AvgIpc) is 2.50. The first kappa shape index (κ1) is 16.6. The summed E-state index contributed by atoms with van der Waals surface area (Å²) in [4.78, 5) is 4.93. The Hall–Kier alpha value is -1.79. The Morgan fingerprint density at radius 3 is 2.50 bits per heavy atom. The minimum Gasteiger partial charge on any atom is -0.493 e. The maximum atomic E-state index is 7.31. The number of rotatable bonds is 6. The number of ether oxygens (including phenoxy) is 1. The van der Waals surface area contributed by atoms with Gasteiger partial charge in [0.15, 0.2) is 5.96 Å². The van der Waals surface area contributed by atoms with Crippen molar-refractivity contribution in [3.8, 4) is 5.75 Å². The van der Waals surface area contributed by atoms with Crippen molar-refractivity contribution in [2.75, 3.05) is 44.6 Å². The molecule has 0 amide bonds. The molecule has 2 rings (SSSR count). The quantitative estimate of drug-likeness (QED) is 0.549. The molecule has 22 heavy (non-hydrogen) atoms. The molecule has 0 unspecified atom stereocenters. The van der Waals surface area contributed by atoms with Crippen molar-refractivity contribution in [3.63, 3.8) is 0 Å². The van der Waals surface area contributed by atoms with Crippen molar-refractivity contribution < 1.29 is 4.74 Å². The van der Waals surface area contributed by atoms with Crippen LogP contribution in [0.1, 0.15) is 19.4 Å². The Balaban J connectivity index is 2.04. The highest BCUT2D eigenvalue weighted by Crippen LogP contribution is 2.25. The number of hydrogen-bond acceptors (Lipinski definition) is 4. The van der Waals surface area contributed by atoms with Gasteiger partial charge in [0, 0.05) is 50.0 Å². The van der Waals surface area contributed by atoms with Gasteiger partial charge in [-0.1, -0.05) is 13.0 Å². The van der Waals surface area contributed by atoms with Gasteiger partial charge in [0.2, 0.25) is 0 Å². The van der Waals surface area contributed by atoms with Crippen molar-refractivity contribution in [3.05, 3.63) is 23.8 Å². The van der Waals surface area contributed by atoms with E-state index >= 15 is 0 Å². The van der Waals surface area contributed by atoms with E-state index in [1.54, 1.807) is 0 Å². The lowest BCUT2D eigenvalue weighted by Crippen LogP contribution is -2.45. The van der Waals surface area contributed by atoms with Gasteiger partial charge in [0.25, 0.3) is 0 Å². The largest absolute Gasteiger partial charge is 0.493 e. The molecule has 0 atom stereocenters. The Kier molecular flexibility index (Phi) is 6.03. The van der Waals surface area contributed by atoms with Crippen LogP contribution < -0.4 is 15.8 Å². The van der Waals surface area contributed by atoms with Crippen molar-refractivity contribution in [1.29, 1.82) is 5.41 Å². The SMILES string of the molecule is CCOc1cc(NC(=N)N)ccc1CN1CCN(CC)CC1. The monoisotopic (exact) mass is 305 g/mol. The van der Waals surface area contributed by atoms with E-state index in [2.05, 4.69) is 28.1 Å². The summed E-state index contributed by atoms with van der Waals surface area (Å²) in [6.45, 7) is 11.3. The van der Waals surface area contributed by atoms with E-state index in [9.17, 15) is 0 Å². The minimum atomic E-state index is -0.0640. The summed E-state index contributed by atoms with van der Waals surface area (Å²) in [5, 5.41) is 10.1. The molecule has 1 fully saturated rings. The number of benzene rings is 1. The lowest BCUT2D eigenvalue weighted by atomic mass is 10.1. The zero-order valence-electron chi connectivity index (χ0n) is 13.6. The maximum absolute atomic E-state index is 7.31. The molecule has 6 heteroatoms. The molecular formula is C16H27N5O. The van der Waals surface area contributed by atoms with Gasteiger partial charge < -0.3 is 20.7 Å². The average molecular weight is 305 g/mol. The lowest BCUT2D eigenvalue weighted by molar-refractivity contribution is 0.131. The standard InChI is InChI=1S/C16H27N5O/c1-3-20-7-9-21(10-8-20)12-13-5-6-14(19-16(17)18)11-15(13)22-4-2/h5-6,11H,3-4,7-10,12H2,1-2H3,(H4,17,18,19). The molecule has 0 saturated carbocycles. The second kappa shape index (κ2) is 8.00. The molecular weight excluding hydrogens is 278 g/mol. The molecule has 1 aliphatic heterocycles. The lowest BCUT2D eigenvalue weighted by Gasteiger charge is -2.34. The van der Waals surface area contributed by atoms with Crippen molar-refractivity contribution in [2.24, 2.45) is 5.73 Å². The van der Waals surface area contributed by atoms with Crippen LogP contribution in [0.15, 0.2) is 18.2 Å². The zero-order chi connectivity index (χ0) is 15.9. The molecule has 0 aliphatic carbocycles. The van der Waals surface area contributed by atoms with Crippen LogP contribution in [-0.4, -0.2) is 55.1 Å². The molecule has 0 aromatic heterocycles. The number of piperazine rings is 1. The predicted octanol–water partition coefficient (Wildman–Crippen LogP) is 1.53. The Labute approximate surface area is 132 Å². The van der Waals surface area contributed by atoms with Crippen LogP contribution in [0.25, 0.3) is 0 Å². The number of guanidine groups is 1. The summed E-state index contributed by atoms with van der Waals surface area (Å²) in [7, 11) is 0. The number of likely N-dealkylation sites (N-methyl/N-ethyl adjacent to an activating group) is 1. The number of nitrogens with two attached hydrogens (primary N) is 1. The van der Waals surface area contributed by atoms with Crippen LogP contribution in [0.5, 0.6) is 5.75 Å². The van der Waals surface area contributed by atoms with E-state index in [4.69, 9.17) is 15.9 Å². The summed E-state index contributed by atoms with van der Waals surface area (Å²) >= 11 is 0. The summed E-state index contributed by atoms with van der Waals surface area (Å²) < 4.78 is 5.75. The molecule has 0 bridgehead atoms. The van der Waals surface area contributed by atoms with Crippen LogP contribution in [0.4, 0.5) is 5.69 Å². The third kappa shape index (κ3) is 4.61. The second-order valence-electron chi connectivity index (χ2n) is 5.50. The fourth-order valence-corrected chi connectivity index (χ4v) is 2.71. The van der Waals surface area contributed by atoms with E-state index in [-0.39, 0.29) is 5.96 Å². The summed E-state index contributed by atoms with van der Waals surface area (Å²) in [5.41, 5.74) is 7.35. The Bertz CT molecular complexity index is 497. The first-order valence-corrected chi connectivity index (χ1v) is 7.93. The number of nitrogens with zero attached hydrogens (tertiary/aromatic N) is 2. The van der Waals surface area contributed by atoms with Gasteiger partial charge in [-0.3, -0.25) is 10.3 Å². The van der Waals surface area contributed by atoms with Crippen LogP contribution >= 0.6 is 0 Å². The smallest absolute Gasteiger partial charge is 0.190 e. The van der Waals surface area contributed by atoms with Crippen molar-refractivity contribution in [2.45, 2.75) is 20.4 Å². The molecule has 1 aliphatic rings. The van der Waals surface area contributed by atoms with Gasteiger partial charge >= 0.3 is 0 Å². The molecule has 122 valence electrons. The van der Waals surface area contributed by atoms with Gasteiger partial charge in [0.1, 0.15) is 5.75 Å². The normalized spacial score (nSPS) is 16.5. The van der Waals surface area contributed by atoms with E-state index in [1.165, 1.54) is 5.56 Å². The maximum Gasteiger partial charge on any atom is 0.190 e. The summed E-state index contributed by atoms with van der Waals surface area (Å²) in [5.74, 6) is 0.803. The summed E-state index contributed by atoms with van der Waals surface area (Å²) in [6, 6.07) is 5.92. The van der Waals surface area contributed by atoms with Gasteiger partial charge in [0.05, 0.1) is 6.61 Å². The van der Waals surface area contributed by atoms with Gasteiger partial charge in [-0.2, -0.15) is 0 Å². The molecule has 1 aromatic rings. The van der Waals surface area contributed by atoms with E-state index < -0.39 is 0 Å². The fourth-order valence-electron chi connectivity index (χ4n) is 2.71. The van der Waals surface area contributed by atoms with Crippen molar-refractivity contribution in [1.82, 2.24) is 9.80 Å². The fraction of sp³-hybridized carbons (Fsp3) is 0.562. The number of anilines is 1. The number of nitrogens with one attached hydrogen (secondary N) is 2. The van der Waals surface area contributed by atoms with Crippen LogP contribution in [0.2, 0.25) is 0 Å². The third-order valence-electron chi connectivity index (χ3n) is 3.95. The highest BCUT2D eigenvalue weighted by molar-refractivity contribution is 5.89. The van der Waals surface area contributed by atoms with E-state index in [0.29, 0.717) is 6.61 Å². The first-order valence-electron chi connectivity index (χ1n) is 7.93. The van der Waals surface area contributed by atoms with Crippen LogP contribution in [-0.2, 0) is 6.54 Å². The molecule has 0 radical (unpaired) electrons. The van der Waals surface area contributed by atoms with Gasteiger partial charge in [-0.15, -0.1) is 0 Å². The van der Waals surface area contributed by atoms with Crippen LogP contribution in [0.3, 0.4) is 0 Å². The first-order chi connectivity index (χ1) is 10.6. The predicted molar refractivity (Wildman–Crippen MR) is 90.5 cm³/mol. The van der Waals surface area contributed by atoms with E-state index in [1.807, 2.05) is 19.1 Å².